The van der Waals surface area contributed by atoms with Crippen LogP contribution in [0, 0.1) is 5.92 Å². The van der Waals surface area contributed by atoms with Crippen LogP contribution in [0.4, 0.5) is 0 Å². The zero-order valence-electron chi connectivity index (χ0n) is 13.7. The van der Waals surface area contributed by atoms with Gasteiger partial charge in [0.05, 0.1) is 10.6 Å². The summed E-state index contributed by atoms with van der Waals surface area (Å²) in [6.07, 6.45) is 0. The first kappa shape index (κ1) is 16.8. The minimum absolute atomic E-state index is 0.132. The van der Waals surface area contributed by atoms with Crippen molar-refractivity contribution in [2.45, 2.75) is 38.5 Å². The highest BCUT2D eigenvalue weighted by Crippen LogP contribution is 2.25. The molecular weight excluding hydrogens is 292 g/mol. The quantitative estimate of drug-likeness (QED) is 0.785. The number of sulfone groups is 1. The lowest BCUT2D eigenvalue weighted by Gasteiger charge is -2.10. The molecule has 2 nitrogen and oxygen atoms in total. The molecule has 0 aliphatic heterocycles. The molecule has 0 amide bonds. The first-order chi connectivity index (χ1) is 10.3. The predicted molar refractivity (Wildman–Crippen MR) is 92.9 cm³/mol. The van der Waals surface area contributed by atoms with E-state index in [-0.39, 0.29) is 11.7 Å². The lowest BCUT2D eigenvalue weighted by atomic mass is 9.97. The van der Waals surface area contributed by atoms with Crippen LogP contribution in [0.3, 0.4) is 0 Å². The molecule has 0 N–H and O–H groups in total. The van der Waals surface area contributed by atoms with Gasteiger partial charge in [-0.05, 0) is 40.7 Å². The molecule has 0 unspecified atom stereocenters. The molecule has 0 saturated heterocycles. The van der Waals surface area contributed by atoms with E-state index in [1.54, 1.807) is 12.1 Å². The third-order valence-corrected chi connectivity index (χ3v) is 5.75. The fourth-order valence-electron chi connectivity index (χ4n) is 2.47. The molecule has 2 aromatic carbocycles. The van der Waals surface area contributed by atoms with Crippen LogP contribution in [0.15, 0.2) is 53.4 Å². The standard InChI is InChI=1S/C19H24O2S/c1-14(2)13-22(20,21)19-10-8-16(9-11-19)18-7-5-6-17(12-18)15(3)4/h5-12,14-15H,13H2,1-4H3. The molecule has 0 aliphatic rings. The van der Waals surface area contributed by atoms with E-state index in [1.165, 1.54) is 5.56 Å². The molecule has 0 saturated carbocycles. The van der Waals surface area contributed by atoms with Crippen LogP contribution in [0.5, 0.6) is 0 Å². The summed E-state index contributed by atoms with van der Waals surface area (Å²) < 4.78 is 24.5. The first-order valence-electron chi connectivity index (χ1n) is 7.73. The minimum atomic E-state index is -3.18. The normalized spacial score (nSPS) is 12.1. The molecule has 22 heavy (non-hydrogen) atoms. The maximum absolute atomic E-state index is 12.2. The van der Waals surface area contributed by atoms with E-state index in [0.29, 0.717) is 10.8 Å². The Morgan fingerprint density at radius 2 is 1.50 bits per heavy atom. The Bertz CT molecular complexity index is 726. The number of rotatable bonds is 5. The maximum atomic E-state index is 12.2. The van der Waals surface area contributed by atoms with Gasteiger partial charge in [0.1, 0.15) is 0 Å². The van der Waals surface area contributed by atoms with E-state index in [2.05, 4.69) is 32.0 Å². The summed E-state index contributed by atoms with van der Waals surface area (Å²) in [5.41, 5.74) is 3.46. The van der Waals surface area contributed by atoms with Gasteiger partial charge < -0.3 is 0 Å². The van der Waals surface area contributed by atoms with Gasteiger partial charge in [-0.2, -0.15) is 0 Å². The number of benzene rings is 2. The van der Waals surface area contributed by atoms with E-state index >= 15 is 0 Å². The van der Waals surface area contributed by atoms with Crippen molar-refractivity contribution in [1.29, 1.82) is 0 Å². The summed E-state index contributed by atoms with van der Waals surface area (Å²) in [7, 11) is -3.18. The van der Waals surface area contributed by atoms with Crippen molar-refractivity contribution in [1.82, 2.24) is 0 Å². The van der Waals surface area contributed by atoms with Gasteiger partial charge in [0.15, 0.2) is 9.84 Å². The molecule has 0 aromatic heterocycles. The Balaban J connectivity index is 2.31. The molecule has 0 radical (unpaired) electrons. The van der Waals surface area contributed by atoms with Crippen molar-refractivity contribution >= 4 is 9.84 Å². The summed E-state index contributed by atoms with van der Waals surface area (Å²) in [5, 5.41) is 0. The Kier molecular flexibility index (Phi) is 5.07. The molecule has 118 valence electrons. The zero-order valence-corrected chi connectivity index (χ0v) is 14.5. The molecule has 2 aromatic rings. The van der Waals surface area contributed by atoms with Gasteiger partial charge in [-0.1, -0.05) is 64.1 Å². The van der Waals surface area contributed by atoms with Crippen LogP contribution in [-0.4, -0.2) is 14.2 Å². The van der Waals surface area contributed by atoms with Crippen LogP contribution in [0.2, 0.25) is 0 Å². The van der Waals surface area contributed by atoms with Crippen LogP contribution < -0.4 is 0 Å². The third kappa shape index (κ3) is 3.98. The van der Waals surface area contributed by atoms with Gasteiger partial charge in [0.2, 0.25) is 0 Å². The van der Waals surface area contributed by atoms with E-state index in [4.69, 9.17) is 0 Å². The fraction of sp³-hybridized carbons (Fsp3) is 0.368. The Hall–Kier alpha value is -1.61. The fourth-order valence-corrected chi connectivity index (χ4v) is 4.09. The second kappa shape index (κ2) is 6.66. The molecule has 0 fully saturated rings. The van der Waals surface area contributed by atoms with Crippen LogP contribution in [0.1, 0.15) is 39.2 Å². The van der Waals surface area contributed by atoms with Crippen molar-refractivity contribution in [3.63, 3.8) is 0 Å². The molecule has 0 spiro atoms. The zero-order chi connectivity index (χ0) is 16.3. The molecule has 0 bridgehead atoms. The van der Waals surface area contributed by atoms with Crippen LogP contribution >= 0.6 is 0 Å². The van der Waals surface area contributed by atoms with E-state index in [0.717, 1.165) is 11.1 Å². The van der Waals surface area contributed by atoms with Crippen molar-refractivity contribution in [3.8, 4) is 11.1 Å². The topological polar surface area (TPSA) is 34.1 Å². The third-order valence-electron chi connectivity index (χ3n) is 3.65. The highest BCUT2D eigenvalue weighted by molar-refractivity contribution is 7.91. The lowest BCUT2D eigenvalue weighted by molar-refractivity contribution is 0.582. The van der Waals surface area contributed by atoms with Gasteiger partial charge in [-0.25, -0.2) is 8.42 Å². The Morgan fingerprint density at radius 3 is 2.05 bits per heavy atom. The highest BCUT2D eigenvalue weighted by atomic mass is 32.2. The summed E-state index contributed by atoms with van der Waals surface area (Å²) in [4.78, 5) is 0.407. The number of hydrogen-bond donors (Lipinski definition) is 0. The first-order valence-corrected chi connectivity index (χ1v) is 9.38. The number of hydrogen-bond acceptors (Lipinski definition) is 2. The summed E-state index contributed by atoms with van der Waals surface area (Å²) in [6.45, 7) is 8.17. The van der Waals surface area contributed by atoms with E-state index in [9.17, 15) is 8.42 Å². The van der Waals surface area contributed by atoms with Crippen molar-refractivity contribution in [2.75, 3.05) is 5.75 Å². The van der Waals surface area contributed by atoms with Gasteiger partial charge >= 0.3 is 0 Å². The summed E-state index contributed by atoms with van der Waals surface area (Å²) in [5.74, 6) is 0.799. The second-order valence-electron chi connectivity index (χ2n) is 6.48. The van der Waals surface area contributed by atoms with E-state index in [1.807, 2.05) is 32.0 Å². The molecule has 0 heterocycles. The van der Waals surface area contributed by atoms with Gasteiger partial charge in [0.25, 0.3) is 0 Å². The Morgan fingerprint density at radius 1 is 0.864 bits per heavy atom. The largest absolute Gasteiger partial charge is 0.224 e. The minimum Gasteiger partial charge on any atom is -0.224 e. The highest BCUT2D eigenvalue weighted by Gasteiger charge is 2.16. The maximum Gasteiger partial charge on any atom is 0.178 e. The van der Waals surface area contributed by atoms with Crippen molar-refractivity contribution in [3.05, 3.63) is 54.1 Å². The van der Waals surface area contributed by atoms with Gasteiger partial charge in [-0.15, -0.1) is 0 Å². The van der Waals surface area contributed by atoms with Crippen molar-refractivity contribution < 1.29 is 8.42 Å². The second-order valence-corrected chi connectivity index (χ2v) is 8.51. The van der Waals surface area contributed by atoms with E-state index < -0.39 is 9.84 Å². The SMILES string of the molecule is CC(C)CS(=O)(=O)c1ccc(-c2cccc(C(C)C)c2)cc1. The van der Waals surface area contributed by atoms with Crippen molar-refractivity contribution in [2.24, 2.45) is 5.92 Å². The lowest BCUT2D eigenvalue weighted by Crippen LogP contribution is -2.11. The molecule has 3 heteroatoms. The molecule has 0 atom stereocenters. The monoisotopic (exact) mass is 316 g/mol. The smallest absolute Gasteiger partial charge is 0.178 e. The average Bonchev–Trinajstić information content (AvgIpc) is 2.46. The predicted octanol–water partition coefficient (Wildman–Crippen LogP) is 4.91. The Labute approximate surface area is 134 Å². The molecule has 2 rings (SSSR count). The van der Waals surface area contributed by atoms with Gasteiger partial charge in [0, 0.05) is 0 Å². The van der Waals surface area contributed by atoms with Crippen LogP contribution in [-0.2, 0) is 9.84 Å². The average molecular weight is 316 g/mol. The summed E-state index contributed by atoms with van der Waals surface area (Å²) >= 11 is 0. The molecular formula is C19H24O2S. The van der Waals surface area contributed by atoms with Gasteiger partial charge in [-0.3, -0.25) is 0 Å². The molecule has 0 aliphatic carbocycles. The summed E-state index contributed by atoms with van der Waals surface area (Å²) in [6, 6.07) is 15.6. The van der Waals surface area contributed by atoms with Crippen LogP contribution in [0.25, 0.3) is 11.1 Å².